The second-order valence-corrected chi connectivity index (χ2v) is 5.32. The lowest BCUT2D eigenvalue weighted by atomic mass is 10.2. The molecule has 1 aromatic rings. The van der Waals surface area contributed by atoms with Crippen LogP contribution in [0.2, 0.25) is 0 Å². The van der Waals surface area contributed by atoms with Crippen LogP contribution in [-0.2, 0) is 0 Å². The zero-order valence-electron chi connectivity index (χ0n) is 13.2. The molecule has 0 aromatic carbocycles. The van der Waals surface area contributed by atoms with Crippen LogP contribution >= 0.6 is 0 Å². The van der Waals surface area contributed by atoms with Crippen molar-refractivity contribution in [2.75, 3.05) is 68.1 Å². The van der Waals surface area contributed by atoms with Crippen LogP contribution in [0, 0.1) is 0 Å². The van der Waals surface area contributed by atoms with Gasteiger partial charge in [0.05, 0.1) is 5.69 Å². The van der Waals surface area contributed by atoms with E-state index in [4.69, 9.17) is 4.98 Å². The fourth-order valence-electron chi connectivity index (χ4n) is 2.61. The molecule has 0 bridgehead atoms. The standard InChI is InChI=1S/C15H27N5/c1-5-19(6-2)14-8-7-13(18(3)4)15(17-14)20-11-9-16-10-12-20/h7-8,16H,5-6,9-12H2,1-4H3. The van der Waals surface area contributed by atoms with E-state index < -0.39 is 0 Å². The summed E-state index contributed by atoms with van der Waals surface area (Å²) in [4.78, 5) is 11.8. The van der Waals surface area contributed by atoms with Crippen LogP contribution in [0.15, 0.2) is 12.1 Å². The van der Waals surface area contributed by atoms with Crippen molar-refractivity contribution >= 4 is 17.3 Å². The van der Waals surface area contributed by atoms with Crippen LogP contribution in [0.25, 0.3) is 0 Å². The van der Waals surface area contributed by atoms with E-state index in [2.05, 4.69) is 60.1 Å². The Morgan fingerprint density at radius 1 is 1.15 bits per heavy atom. The summed E-state index contributed by atoms with van der Waals surface area (Å²) in [6.07, 6.45) is 0. The molecule has 0 atom stereocenters. The molecular formula is C15H27N5. The van der Waals surface area contributed by atoms with Crippen molar-refractivity contribution in [3.05, 3.63) is 12.1 Å². The highest BCUT2D eigenvalue weighted by molar-refractivity contribution is 5.69. The van der Waals surface area contributed by atoms with Crippen LogP contribution in [-0.4, -0.2) is 58.3 Å². The minimum atomic E-state index is 0.992. The molecule has 5 heteroatoms. The SMILES string of the molecule is CCN(CC)c1ccc(N(C)C)c(N2CCNCC2)n1. The van der Waals surface area contributed by atoms with Crippen LogP contribution < -0.4 is 20.0 Å². The number of rotatable bonds is 5. The molecule has 2 heterocycles. The third-order valence-electron chi connectivity index (χ3n) is 3.83. The molecule has 1 N–H and O–H groups in total. The van der Waals surface area contributed by atoms with E-state index in [1.807, 2.05) is 0 Å². The molecule has 0 radical (unpaired) electrons. The van der Waals surface area contributed by atoms with Gasteiger partial charge in [0, 0.05) is 53.4 Å². The first kappa shape index (κ1) is 14.9. The normalized spacial score (nSPS) is 15.3. The number of aromatic nitrogens is 1. The number of anilines is 3. The van der Waals surface area contributed by atoms with Gasteiger partial charge in [-0.3, -0.25) is 0 Å². The number of hydrogen-bond acceptors (Lipinski definition) is 5. The number of nitrogens with zero attached hydrogens (tertiary/aromatic N) is 4. The largest absolute Gasteiger partial charge is 0.375 e. The molecule has 2 rings (SSSR count). The van der Waals surface area contributed by atoms with Gasteiger partial charge in [0.25, 0.3) is 0 Å². The molecule has 0 amide bonds. The summed E-state index contributed by atoms with van der Waals surface area (Å²) < 4.78 is 0. The number of pyridine rings is 1. The molecule has 1 aromatic heterocycles. The van der Waals surface area contributed by atoms with Crippen molar-refractivity contribution in [1.82, 2.24) is 10.3 Å². The van der Waals surface area contributed by atoms with Crippen molar-refractivity contribution in [2.45, 2.75) is 13.8 Å². The summed E-state index contributed by atoms with van der Waals surface area (Å²) in [7, 11) is 4.17. The smallest absolute Gasteiger partial charge is 0.154 e. The van der Waals surface area contributed by atoms with E-state index in [0.29, 0.717) is 0 Å². The Labute approximate surface area is 122 Å². The van der Waals surface area contributed by atoms with Gasteiger partial charge in [-0.25, -0.2) is 4.98 Å². The van der Waals surface area contributed by atoms with Crippen LogP contribution in [0.3, 0.4) is 0 Å². The summed E-state index contributed by atoms with van der Waals surface area (Å²) in [5.74, 6) is 2.19. The number of piperazine rings is 1. The molecule has 1 aliphatic heterocycles. The van der Waals surface area contributed by atoms with E-state index in [0.717, 1.165) is 50.9 Å². The van der Waals surface area contributed by atoms with Gasteiger partial charge in [-0.1, -0.05) is 0 Å². The molecule has 1 aliphatic rings. The van der Waals surface area contributed by atoms with E-state index in [-0.39, 0.29) is 0 Å². The molecule has 20 heavy (non-hydrogen) atoms. The van der Waals surface area contributed by atoms with Gasteiger partial charge in [0.1, 0.15) is 5.82 Å². The molecule has 0 spiro atoms. The first-order valence-electron chi connectivity index (χ1n) is 7.56. The Morgan fingerprint density at radius 2 is 1.80 bits per heavy atom. The molecular weight excluding hydrogens is 250 g/mol. The van der Waals surface area contributed by atoms with Crippen molar-refractivity contribution in [3.8, 4) is 0 Å². The first-order chi connectivity index (χ1) is 9.67. The fraction of sp³-hybridized carbons (Fsp3) is 0.667. The van der Waals surface area contributed by atoms with Gasteiger partial charge in [-0.15, -0.1) is 0 Å². The lowest BCUT2D eigenvalue weighted by Crippen LogP contribution is -2.44. The Kier molecular flexibility index (Phi) is 5.06. The van der Waals surface area contributed by atoms with Crippen LogP contribution in [0.1, 0.15) is 13.8 Å². The zero-order chi connectivity index (χ0) is 14.5. The number of hydrogen-bond donors (Lipinski definition) is 1. The first-order valence-corrected chi connectivity index (χ1v) is 7.56. The fourth-order valence-corrected chi connectivity index (χ4v) is 2.61. The highest BCUT2D eigenvalue weighted by Gasteiger charge is 2.18. The summed E-state index contributed by atoms with van der Waals surface area (Å²) in [5.41, 5.74) is 1.20. The quantitative estimate of drug-likeness (QED) is 0.880. The average molecular weight is 277 g/mol. The maximum absolute atomic E-state index is 4.94. The van der Waals surface area contributed by atoms with E-state index >= 15 is 0 Å². The van der Waals surface area contributed by atoms with Crippen molar-refractivity contribution in [1.29, 1.82) is 0 Å². The van der Waals surface area contributed by atoms with Crippen LogP contribution in [0.5, 0.6) is 0 Å². The topological polar surface area (TPSA) is 34.6 Å². The van der Waals surface area contributed by atoms with Crippen molar-refractivity contribution < 1.29 is 0 Å². The van der Waals surface area contributed by atoms with Gasteiger partial charge in [-0.05, 0) is 26.0 Å². The predicted molar refractivity (Wildman–Crippen MR) is 87.2 cm³/mol. The molecule has 0 saturated carbocycles. The minimum Gasteiger partial charge on any atom is -0.375 e. The van der Waals surface area contributed by atoms with Gasteiger partial charge >= 0.3 is 0 Å². The second kappa shape index (κ2) is 6.79. The van der Waals surface area contributed by atoms with Gasteiger partial charge < -0.3 is 20.0 Å². The Morgan fingerprint density at radius 3 is 2.35 bits per heavy atom. The molecule has 1 saturated heterocycles. The maximum Gasteiger partial charge on any atom is 0.154 e. The third-order valence-corrected chi connectivity index (χ3v) is 3.83. The van der Waals surface area contributed by atoms with E-state index in [1.165, 1.54) is 5.69 Å². The van der Waals surface area contributed by atoms with E-state index in [1.54, 1.807) is 0 Å². The van der Waals surface area contributed by atoms with Crippen molar-refractivity contribution in [2.24, 2.45) is 0 Å². The predicted octanol–water partition coefficient (Wildman–Crippen LogP) is 1.40. The molecule has 5 nitrogen and oxygen atoms in total. The summed E-state index contributed by atoms with van der Waals surface area (Å²) in [6, 6.07) is 4.33. The molecule has 0 aliphatic carbocycles. The lowest BCUT2D eigenvalue weighted by molar-refractivity contribution is 0.584. The Bertz CT molecular complexity index is 422. The van der Waals surface area contributed by atoms with Gasteiger partial charge in [-0.2, -0.15) is 0 Å². The van der Waals surface area contributed by atoms with Gasteiger partial charge in [0.15, 0.2) is 5.82 Å². The highest BCUT2D eigenvalue weighted by atomic mass is 15.3. The number of nitrogens with one attached hydrogen (secondary N) is 1. The highest BCUT2D eigenvalue weighted by Crippen LogP contribution is 2.29. The molecule has 112 valence electrons. The molecule has 0 unspecified atom stereocenters. The third kappa shape index (κ3) is 3.15. The Hall–Kier alpha value is -1.49. The van der Waals surface area contributed by atoms with Crippen molar-refractivity contribution in [3.63, 3.8) is 0 Å². The summed E-state index contributed by atoms with van der Waals surface area (Å²) in [5, 5.41) is 3.40. The van der Waals surface area contributed by atoms with E-state index in [9.17, 15) is 0 Å². The average Bonchev–Trinajstić information content (AvgIpc) is 2.49. The monoisotopic (exact) mass is 277 g/mol. The van der Waals surface area contributed by atoms with Gasteiger partial charge in [0.2, 0.25) is 0 Å². The second-order valence-electron chi connectivity index (χ2n) is 5.32. The summed E-state index contributed by atoms with van der Waals surface area (Å²) in [6.45, 7) is 10.4. The summed E-state index contributed by atoms with van der Waals surface area (Å²) >= 11 is 0. The Balaban J connectivity index is 2.35. The lowest BCUT2D eigenvalue weighted by Gasteiger charge is -2.32. The maximum atomic E-state index is 4.94. The van der Waals surface area contributed by atoms with Crippen LogP contribution in [0.4, 0.5) is 17.3 Å². The molecule has 1 fully saturated rings. The zero-order valence-corrected chi connectivity index (χ0v) is 13.2. The minimum absolute atomic E-state index is 0.992.